The summed E-state index contributed by atoms with van der Waals surface area (Å²) >= 11 is 0. The first kappa shape index (κ1) is 15.1. The second kappa shape index (κ2) is 9.66. The van der Waals surface area contributed by atoms with Crippen molar-refractivity contribution in [1.29, 1.82) is 5.26 Å². The molecule has 0 N–H and O–H groups in total. The zero-order chi connectivity index (χ0) is 11.6. The normalized spacial score (nSPS) is 7.21. The average Bonchev–Trinajstić information content (AvgIpc) is 2.24. The van der Waals surface area contributed by atoms with Crippen molar-refractivity contribution < 1.29 is 0 Å². The molecule has 0 spiro atoms. The van der Waals surface area contributed by atoms with E-state index in [0.29, 0.717) is 5.69 Å². The molecule has 0 aliphatic rings. The molecule has 0 saturated carbocycles. The molecule has 1 heterocycles. The first-order valence-electron chi connectivity index (χ1n) is 4.95. The Morgan fingerprint density at radius 2 is 1.57 bits per heavy atom. The summed E-state index contributed by atoms with van der Waals surface area (Å²) in [4.78, 5) is 0. The summed E-state index contributed by atoms with van der Waals surface area (Å²) in [6.45, 7) is 11.7. The molecule has 0 aromatic carbocycles. The topological polar surface area (TPSA) is 49.6 Å². The molecule has 1 rings (SSSR count). The summed E-state index contributed by atoms with van der Waals surface area (Å²) in [5.41, 5.74) is 2.14. The molecule has 0 fully saturated rings. The highest BCUT2D eigenvalue weighted by Gasteiger charge is 1.97. The molecule has 0 atom stereocenters. The van der Waals surface area contributed by atoms with Gasteiger partial charge >= 0.3 is 0 Å². The molecule has 0 amide bonds. The van der Waals surface area contributed by atoms with E-state index in [1.165, 1.54) is 0 Å². The van der Waals surface area contributed by atoms with Crippen LogP contribution in [0.1, 0.15) is 44.6 Å². The highest BCUT2D eigenvalue weighted by molar-refractivity contribution is 5.28. The molecule has 0 aliphatic carbocycles. The lowest BCUT2D eigenvalue weighted by Crippen LogP contribution is -1.93. The van der Waals surface area contributed by atoms with Gasteiger partial charge in [0.2, 0.25) is 0 Å². The molecule has 0 aliphatic heterocycles. The van der Waals surface area contributed by atoms with Crippen molar-refractivity contribution in [2.24, 2.45) is 0 Å². The summed E-state index contributed by atoms with van der Waals surface area (Å²) in [5.74, 6) is 0. The second-order valence-corrected chi connectivity index (χ2v) is 2.13. The predicted molar refractivity (Wildman–Crippen MR) is 58.9 cm³/mol. The lowest BCUT2D eigenvalue weighted by Gasteiger charge is -1.93. The third-order valence-corrected chi connectivity index (χ3v) is 1.21. The van der Waals surface area contributed by atoms with Gasteiger partial charge in [0.15, 0.2) is 5.69 Å². The molecule has 0 bridgehead atoms. The fraction of sp³-hybridized carbons (Fsp3) is 0.545. The van der Waals surface area contributed by atoms with Crippen LogP contribution in [0.15, 0.2) is 6.07 Å². The molecule has 3 heteroatoms. The standard InChI is InChI=1S/C7H7N3.2C2H6/c1-5-3-6(2)9-10-7(5)4-8;2*1-2/h3H,1-2H3;2*1-2H3. The van der Waals surface area contributed by atoms with Crippen LogP contribution in [0.4, 0.5) is 0 Å². The van der Waals surface area contributed by atoms with Crippen LogP contribution < -0.4 is 0 Å². The van der Waals surface area contributed by atoms with Gasteiger partial charge in [-0.25, -0.2) is 0 Å². The minimum Gasteiger partial charge on any atom is -0.191 e. The van der Waals surface area contributed by atoms with E-state index >= 15 is 0 Å². The predicted octanol–water partition coefficient (Wildman–Crippen LogP) is 3.02. The molecule has 78 valence electrons. The van der Waals surface area contributed by atoms with E-state index in [0.717, 1.165) is 11.3 Å². The Bertz CT molecular complexity index is 287. The van der Waals surface area contributed by atoms with Gasteiger partial charge in [0.1, 0.15) is 6.07 Å². The Morgan fingerprint density at radius 1 is 1.07 bits per heavy atom. The summed E-state index contributed by atoms with van der Waals surface area (Å²) in [6.07, 6.45) is 0. The van der Waals surface area contributed by atoms with E-state index in [1.807, 2.05) is 53.7 Å². The van der Waals surface area contributed by atoms with Gasteiger partial charge in [0.25, 0.3) is 0 Å². The van der Waals surface area contributed by atoms with E-state index in [4.69, 9.17) is 5.26 Å². The average molecular weight is 193 g/mol. The van der Waals surface area contributed by atoms with Crippen molar-refractivity contribution in [2.75, 3.05) is 0 Å². The smallest absolute Gasteiger partial charge is 0.166 e. The Morgan fingerprint density at radius 3 is 1.93 bits per heavy atom. The van der Waals surface area contributed by atoms with E-state index < -0.39 is 0 Å². The summed E-state index contributed by atoms with van der Waals surface area (Å²) < 4.78 is 0. The molecule has 1 aromatic rings. The van der Waals surface area contributed by atoms with Gasteiger partial charge in [-0.3, -0.25) is 0 Å². The first-order chi connectivity index (χ1) is 6.74. The monoisotopic (exact) mass is 193 g/mol. The van der Waals surface area contributed by atoms with Crippen LogP contribution in [0.3, 0.4) is 0 Å². The highest BCUT2D eigenvalue weighted by atomic mass is 15.1. The van der Waals surface area contributed by atoms with Crippen LogP contribution in [0.5, 0.6) is 0 Å². The molecule has 1 aromatic heterocycles. The number of hydrogen-bond donors (Lipinski definition) is 0. The quantitative estimate of drug-likeness (QED) is 0.636. The van der Waals surface area contributed by atoms with Crippen LogP contribution in [0, 0.1) is 25.2 Å². The van der Waals surface area contributed by atoms with Crippen LogP contribution in [-0.2, 0) is 0 Å². The van der Waals surface area contributed by atoms with Gasteiger partial charge in [0, 0.05) is 0 Å². The summed E-state index contributed by atoms with van der Waals surface area (Å²) in [7, 11) is 0. The lowest BCUT2D eigenvalue weighted by molar-refractivity contribution is 0.948. The van der Waals surface area contributed by atoms with Crippen molar-refractivity contribution in [2.45, 2.75) is 41.5 Å². The van der Waals surface area contributed by atoms with Gasteiger partial charge in [-0.15, -0.1) is 5.10 Å². The van der Waals surface area contributed by atoms with Gasteiger partial charge in [-0.2, -0.15) is 10.4 Å². The third kappa shape index (κ3) is 5.26. The second-order valence-electron chi connectivity index (χ2n) is 2.13. The molecular formula is C11H19N3. The maximum absolute atomic E-state index is 8.46. The van der Waals surface area contributed by atoms with Gasteiger partial charge in [-0.1, -0.05) is 27.7 Å². The largest absolute Gasteiger partial charge is 0.191 e. The van der Waals surface area contributed by atoms with Crippen LogP contribution in [-0.4, -0.2) is 10.2 Å². The van der Waals surface area contributed by atoms with Crippen LogP contribution in [0.2, 0.25) is 0 Å². The number of hydrogen-bond acceptors (Lipinski definition) is 3. The fourth-order valence-corrected chi connectivity index (χ4v) is 0.729. The van der Waals surface area contributed by atoms with Crippen LogP contribution >= 0.6 is 0 Å². The number of nitriles is 1. The lowest BCUT2D eigenvalue weighted by atomic mass is 10.2. The van der Waals surface area contributed by atoms with Crippen LogP contribution in [0.25, 0.3) is 0 Å². The summed E-state index contributed by atoms with van der Waals surface area (Å²) in [5, 5.41) is 15.9. The maximum atomic E-state index is 8.46. The number of nitrogens with zero attached hydrogens (tertiary/aromatic N) is 3. The van der Waals surface area contributed by atoms with E-state index in [2.05, 4.69) is 10.2 Å². The van der Waals surface area contributed by atoms with E-state index in [9.17, 15) is 0 Å². The van der Waals surface area contributed by atoms with E-state index in [1.54, 1.807) is 0 Å². The molecule has 0 saturated heterocycles. The molecule has 0 radical (unpaired) electrons. The zero-order valence-corrected chi connectivity index (χ0v) is 9.92. The zero-order valence-electron chi connectivity index (χ0n) is 9.92. The number of aromatic nitrogens is 2. The van der Waals surface area contributed by atoms with Crippen molar-refractivity contribution in [3.05, 3.63) is 23.0 Å². The SMILES string of the molecule is CC.CC.Cc1cc(C)c(C#N)nn1. The van der Waals surface area contributed by atoms with E-state index in [-0.39, 0.29) is 0 Å². The van der Waals surface area contributed by atoms with Crippen molar-refractivity contribution in [3.8, 4) is 6.07 Å². The third-order valence-electron chi connectivity index (χ3n) is 1.21. The number of aryl methyl sites for hydroxylation is 2. The molecule has 14 heavy (non-hydrogen) atoms. The number of rotatable bonds is 0. The van der Waals surface area contributed by atoms with Crippen molar-refractivity contribution in [1.82, 2.24) is 10.2 Å². The molecular weight excluding hydrogens is 174 g/mol. The summed E-state index contributed by atoms with van der Waals surface area (Å²) in [6, 6.07) is 3.79. The van der Waals surface area contributed by atoms with Gasteiger partial charge in [-0.05, 0) is 25.5 Å². The Hall–Kier alpha value is -1.43. The highest BCUT2D eigenvalue weighted by Crippen LogP contribution is 2.01. The first-order valence-corrected chi connectivity index (χ1v) is 4.95. The van der Waals surface area contributed by atoms with Crippen molar-refractivity contribution >= 4 is 0 Å². The minimum atomic E-state index is 0.408. The molecule has 0 unspecified atom stereocenters. The fourth-order valence-electron chi connectivity index (χ4n) is 0.729. The molecule has 3 nitrogen and oxygen atoms in total. The maximum Gasteiger partial charge on any atom is 0.166 e. The Balaban J connectivity index is 0. The van der Waals surface area contributed by atoms with Gasteiger partial charge in [0.05, 0.1) is 5.69 Å². The Labute approximate surface area is 86.8 Å². The Kier molecular flexibility index (Phi) is 10.4. The van der Waals surface area contributed by atoms with Crippen molar-refractivity contribution in [3.63, 3.8) is 0 Å². The van der Waals surface area contributed by atoms with Gasteiger partial charge < -0.3 is 0 Å². The minimum absolute atomic E-state index is 0.408.